The third-order valence-corrected chi connectivity index (χ3v) is 3.63. The van der Waals surface area contributed by atoms with Gasteiger partial charge in [0.15, 0.2) is 0 Å². The molecule has 1 aliphatic rings. The minimum atomic E-state index is -0.0319. The Morgan fingerprint density at radius 3 is 2.69 bits per heavy atom. The van der Waals surface area contributed by atoms with Crippen molar-refractivity contribution >= 4 is 21.8 Å². The van der Waals surface area contributed by atoms with Crippen molar-refractivity contribution in [2.45, 2.75) is 25.7 Å². The van der Waals surface area contributed by atoms with Crippen molar-refractivity contribution in [3.63, 3.8) is 0 Å². The largest absolute Gasteiger partial charge is 0.342 e. The van der Waals surface area contributed by atoms with E-state index < -0.39 is 0 Å². The summed E-state index contributed by atoms with van der Waals surface area (Å²) in [6.45, 7) is 3.84. The van der Waals surface area contributed by atoms with E-state index >= 15 is 0 Å². The summed E-state index contributed by atoms with van der Waals surface area (Å²) >= 11 is 3.44. The molecule has 0 radical (unpaired) electrons. The van der Waals surface area contributed by atoms with Crippen LogP contribution in [0.1, 0.15) is 31.2 Å². The highest BCUT2D eigenvalue weighted by atomic mass is 79.9. The zero-order valence-electron chi connectivity index (χ0n) is 9.45. The van der Waals surface area contributed by atoms with Crippen LogP contribution in [-0.4, -0.2) is 23.9 Å². The van der Waals surface area contributed by atoms with Gasteiger partial charge in [-0.2, -0.15) is 0 Å². The summed E-state index contributed by atoms with van der Waals surface area (Å²) < 4.78 is 1.03. The van der Waals surface area contributed by atoms with Crippen LogP contribution in [0, 0.1) is 0 Å². The van der Waals surface area contributed by atoms with E-state index in [1.54, 1.807) is 0 Å². The second-order valence-corrected chi connectivity index (χ2v) is 5.22. The summed E-state index contributed by atoms with van der Waals surface area (Å²) in [5, 5.41) is 0. The number of carbonyl (C=O) groups is 1. The van der Waals surface area contributed by atoms with Crippen LogP contribution in [0.3, 0.4) is 0 Å². The molecule has 1 amide bonds. The zero-order chi connectivity index (χ0) is 11.5. The van der Waals surface area contributed by atoms with Gasteiger partial charge in [0.25, 0.3) is 0 Å². The fourth-order valence-corrected chi connectivity index (χ4v) is 2.55. The Hall–Kier alpha value is -0.830. The molecule has 0 saturated carbocycles. The fourth-order valence-electron chi connectivity index (χ4n) is 2.13. The first-order chi connectivity index (χ1) is 7.68. The number of likely N-dealkylation sites (tertiary alicyclic amines) is 1. The summed E-state index contributed by atoms with van der Waals surface area (Å²) in [5.74, 6) is 0.228. The first-order valence-electron chi connectivity index (χ1n) is 5.73. The summed E-state index contributed by atoms with van der Waals surface area (Å²) in [6, 6.07) is 8.01. The van der Waals surface area contributed by atoms with E-state index in [2.05, 4.69) is 15.9 Å². The molecule has 0 spiro atoms. The molecule has 1 unspecified atom stereocenters. The monoisotopic (exact) mass is 281 g/mol. The highest BCUT2D eigenvalue weighted by molar-refractivity contribution is 9.10. The van der Waals surface area contributed by atoms with Gasteiger partial charge in [-0.1, -0.05) is 28.1 Å². The first-order valence-corrected chi connectivity index (χ1v) is 6.52. The number of amides is 1. The fraction of sp³-hybridized carbons (Fsp3) is 0.462. The Balaban J connectivity index is 2.11. The molecule has 1 saturated heterocycles. The van der Waals surface area contributed by atoms with Gasteiger partial charge in [0.2, 0.25) is 5.91 Å². The van der Waals surface area contributed by atoms with Gasteiger partial charge in [-0.15, -0.1) is 0 Å². The number of halogens is 1. The van der Waals surface area contributed by atoms with Crippen LogP contribution in [0.5, 0.6) is 0 Å². The van der Waals surface area contributed by atoms with Crippen molar-refractivity contribution in [1.29, 1.82) is 0 Å². The van der Waals surface area contributed by atoms with Crippen molar-refractivity contribution in [2.75, 3.05) is 13.1 Å². The zero-order valence-corrected chi connectivity index (χ0v) is 11.0. The predicted octanol–water partition coefficient (Wildman–Crippen LogP) is 3.18. The van der Waals surface area contributed by atoms with Crippen molar-refractivity contribution in [1.82, 2.24) is 4.90 Å². The molecule has 86 valence electrons. The van der Waals surface area contributed by atoms with E-state index in [1.165, 1.54) is 0 Å². The highest BCUT2D eigenvalue weighted by Crippen LogP contribution is 2.23. The average Bonchev–Trinajstić information content (AvgIpc) is 2.80. The molecule has 0 N–H and O–H groups in total. The lowest BCUT2D eigenvalue weighted by atomic mass is 10.00. The van der Waals surface area contributed by atoms with Gasteiger partial charge in [-0.25, -0.2) is 0 Å². The van der Waals surface area contributed by atoms with Crippen LogP contribution in [-0.2, 0) is 4.79 Å². The third-order valence-electron chi connectivity index (χ3n) is 3.14. The number of carbonyl (C=O) groups excluding carboxylic acids is 1. The van der Waals surface area contributed by atoms with Gasteiger partial charge in [0.05, 0.1) is 5.92 Å². The molecule has 1 fully saturated rings. The van der Waals surface area contributed by atoms with Crippen LogP contribution in [0.25, 0.3) is 0 Å². The van der Waals surface area contributed by atoms with Crippen LogP contribution >= 0.6 is 15.9 Å². The topological polar surface area (TPSA) is 20.3 Å². The number of benzene rings is 1. The molecule has 0 aliphatic carbocycles. The first kappa shape index (κ1) is 11.6. The van der Waals surface area contributed by atoms with Crippen molar-refractivity contribution in [2.24, 2.45) is 0 Å². The predicted molar refractivity (Wildman–Crippen MR) is 68.4 cm³/mol. The molecular weight excluding hydrogens is 266 g/mol. The molecule has 0 bridgehead atoms. The van der Waals surface area contributed by atoms with Crippen LogP contribution < -0.4 is 0 Å². The summed E-state index contributed by atoms with van der Waals surface area (Å²) in [5.41, 5.74) is 1.09. The van der Waals surface area contributed by atoms with Gasteiger partial charge in [-0.3, -0.25) is 4.79 Å². The minimum absolute atomic E-state index is 0.0319. The Morgan fingerprint density at radius 2 is 2.06 bits per heavy atom. The van der Waals surface area contributed by atoms with E-state index in [0.717, 1.165) is 36.0 Å². The number of hydrogen-bond acceptors (Lipinski definition) is 1. The maximum atomic E-state index is 12.2. The van der Waals surface area contributed by atoms with Gasteiger partial charge < -0.3 is 4.90 Å². The van der Waals surface area contributed by atoms with Crippen LogP contribution in [0.4, 0.5) is 0 Å². The Morgan fingerprint density at radius 1 is 1.38 bits per heavy atom. The maximum Gasteiger partial charge on any atom is 0.229 e. The molecule has 1 aromatic carbocycles. The lowest BCUT2D eigenvalue weighted by Gasteiger charge is -2.20. The summed E-state index contributed by atoms with van der Waals surface area (Å²) in [4.78, 5) is 14.1. The number of hydrogen-bond donors (Lipinski definition) is 0. The molecule has 1 aromatic rings. The average molecular weight is 282 g/mol. The van der Waals surface area contributed by atoms with Gasteiger partial charge in [0.1, 0.15) is 0 Å². The Labute approximate surface area is 105 Å². The van der Waals surface area contributed by atoms with E-state index in [4.69, 9.17) is 0 Å². The molecule has 1 heterocycles. The smallest absolute Gasteiger partial charge is 0.229 e. The Bertz CT molecular complexity index is 385. The van der Waals surface area contributed by atoms with Crippen molar-refractivity contribution in [3.05, 3.63) is 34.3 Å². The molecular formula is C13H16BrNO. The van der Waals surface area contributed by atoms with Gasteiger partial charge in [-0.05, 0) is 37.5 Å². The molecule has 1 aliphatic heterocycles. The van der Waals surface area contributed by atoms with E-state index in [0.29, 0.717) is 0 Å². The second kappa shape index (κ2) is 5.00. The SMILES string of the molecule is CC(C(=O)N1CCCC1)c1cccc(Br)c1. The van der Waals surface area contributed by atoms with Crippen LogP contribution in [0.15, 0.2) is 28.7 Å². The Kier molecular flexibility index (Phi) is 3.64. The molecule has 0 aromatic heterocycles. The van der Waals surface area contributed by atoms with Crippen molar-refractivity contribution < 1.29 is 4.79 Å². The summed E-state index contributed by atoms with van der Waals surface area (Å²) in [7, 11) is 0. The molecule has 2 nitrogen and oxygen atoms in total. The molecule has 3 heteroatoms. The maximum absolute atomic E-state index is 12.2. The quantitative estimate of drug-likeness (QED) is 0.816. The van der Waals surface area contributed by atoms with Gasteiger partial charge in [0, 0.05) is 17.6 Å². The van der Waals surface area contributed by atoms with Crippen molar-refractivity contribution in [3.8, 4) is 0 Å². The minimum Gasteiger partial charge on any atom is -0.342 e. The van der Waals surface area contributed by atoms with E-state index in [9.17, 15) is 4.79 Å². The lowest BCUT2D eigenvalue weighted by Crippen LogP contribution is -2.31. The molecule has 16 heavy (non-hydrogen) atoms. The lowest BCUT2D eigenvalue weighted by molar-refractivity contribution is -0.131. The molecule has 2 rings (SSSR count). The molecule has 1 atom stereocenters. The highest BCUT2D eigenvalue weighted by Gasteiger charge is 2.24. The standard InChI is InChI=1S/C13H16BrNO/c1-10(11-5-4-6-12(14)9-11)13(16)15-7-2-3-8-15/h4-6,9-10H,2-3,7-8H2,1H3. The van der Waals surface area contributed by atoms with Gasteiger partial charge >= 0.3 is 0 Å². The van der Waals surface area contributed by atoms with Crippen LogP contribution in [0.2, 0.25) is 0 Å². The summed E-state index contributed by atoms with van der Waals surface area (Å²) in [6.07, 6.45) is 2.30. The van der Waals surface area contributed by atoms with E-state index in [-0.39, 0.29) is 11.8 Å². The number of rotatable bonds is 2. The third kappa shape index (κ3) is 2.46. The number of nitrogens with zero attached hydrogens (tertiary/aromatic N) is 1. The second-order valence-electron chi connectivity index (χ2n) is 4.31. The van der Waals surface area contributed by atoms with E-state index in [1.807, 2.05) is 36.1 Å². The normalized spacial score (nSPS) is 17.5.